The molecule has 0 N–H and O–H groups in total. The summed E-state index contributed by atoms with van der Waals surface area (Å²) in [5.41, 5.74) is 1.17. The Morgan fingerprint density at radius 3 is 2.38 bits per heavy atom. The second-order valence-electron chi connectivity index (χ2n) is 3.26. The van der Waals surface area contributed by atoms with Gasteiger partial charge in [-0.1, -0.05) is 0 Å². The number of fused-ring (bicyclic) bond motifs is 1. The zero-order chi connectivity index (χ0) is 11.7. The Hall–Kier alpha value is -1.91. The number of cyclic esters (lactones) is 1. The summed E-state index contributed by atoms with van der Waals surface area (Å²) in [6, 6.07) is 1.72. The molecular weight excluding hydrogens is 212 g/mol. The van der Waals surface area contributed by atoms with Crippen LogP contribution in [0.25, 0.3) is 0 Å². The lowest BCUT2D eigenvalue weighted by Gasteiger charge is -2.13. The quantitative estimate of drug-likeness (QED) is 0.726. The van der Waals surface area contributed by atoms with E-state index in [1.165, 1.54) is 21.3 Å². The van der Waals surface area contributed by atoms with Crippen LogP contribution in [0, 0.1) is 0 Å². The van der Waals surface area contributed by atoms with E-state index in [-0.39, 0.29) is 6.61 Å². The van der Waals surface area contributed by atoms with E-state index >= 15 is 0 Å². The molecule has 1 aliphatic rings. The number of carbonyl (C=O) groups excluding carboxylic acids is 1. The minimum absolute atomic E-state index is 0.241. The second-order valence-corrected chi connectivity index (χ2v) is 3.26. The van der Waals surface area contributed by atoms with Crippen molar-refractivity contribution in [2.45, 2.75) is 6.61 Å². The molecular formula is C11H12O5. The third-order valence-electron chi connectivity index (χ3n) is 2.47. The average Bonchev–Trinajstić information content (AvgIpc) is 2.68. The van der Waals surface area contributed by atoms with E-state index in [9.17, 15) is 4.79 Å². The number of carbonyl (C=O) groups is 1. The standard InChI is InChI=1S/C11H12O5/c1-13-7-4-6-5-16-11(12)8(6)10(15-3)9(7)14-2/h4H,5H2,1-3H3. The van der Waals surface area contributed by atoms with Crippen molar-refractivity contribution in [2.75, 3.05) is 21.3 Å². The monoisotopic (exact) mass is 224 g/mol. The van der Waals surface area contributed by atoms with Crippen LogP contribution in [0.3, 0.4) is 0 Å². The van der Waals surface area contributed by atoms with Gasteiger partial charge in [0.05, 0.1) is 21.3 Å². The maximum Gasteiger partial charge on any atom is 0.342 e. The molecule has 0 amide bonds. The van der Waals surface area contributed by atoms with Gasteiger partial charge in [-0.3, -0.25) is 0 Å². The molecule has 0 fully saturated rings. The molecule has 16 heavy (non-hydrogen) atoms. The molecule has 0 radical (unpaired) electrons. The molecule has 1 aromatic carbocycles. The molecule has 2 rings (SSSR count). The number of benzene rings is 1. The Morgan fingerprint density at radius 1 is 1.12 bits per heavy atom. The lowest BCUT2D eigenvalue weighted by molar-refractivity contribution is 0.0532. The smallest absolute Gasteiger partial charge is 0.342 e. The van der Waals surface area contributed by atoms with Gasteiger partial charge in [0, 0.05) is 5.56 Å². The highest BCUT2D eigenvalue weighted by atomic mass is 16.5. The first-order valence-corrected chi connectivity index (χ1v) is 4.71. The fourth-order valence-electron chi connectivity index (χ4n) is 1.76. The van der Waals surface area contributed by atoms with Crippen LogP contribution in [-0.2, 0) is 11.3 Å². The van der Waals surface area contributed by atoms with E-state index in [2.05, 4.69) is 0 Å². The number of hydrogen-bond donors (Lipinski definition) is 0. The summed E-state index contributed by atoms with van der Waals surface area (Å²) < 4.78 is 20.5. The van der Waals surface area contributed by atoms with Gasteiger partial charge in [0.2, 0.25) is 5.75 Å². The first-order chi connectivity index (χ1) is 7.72. The van der Waals surface area contributed by atoms with Crippen molar-refractivity contribution in [3.8, 4) is 17.2 Å². The summed E-state index contributed by atoms with van der Waals surface area (Å²) >= 11 is 0. The molecule has 0 atom stereocenters. The average molecular weight is 224 g/mol. The molecule has 5 nitrogen and oxygen atoms in total. The van der Waals surface area contributed by atoms with Gasteiger partial charge in [0.1, 0.15) is 12.2 Å². The summed E-state index contributed by atoms with van der Waals surface area (Å²) in [5.74, 6) is 0.895. The molecule has 1 heterocycles. The van der Waals surface area contributed by atoms with Gasteiger partial charge in [-0.15, -0.1) is 0 Å². The van der Waals surface area contributed by atoms with Crippen LogP contribution in [0.2, 0.25) is 0 Å². The van der Waals surface area contributed by atoms with Crippen LogP contribution in [0.5, 0.6) is 17.2 Å². The molecule has 0 saturated heterocycles. The van der Waals surface area contributed by atoms with E-state index in [1.807, 2.05) is 0 Å². The zero-order valence-electron chi connectivity index (χ0n) is 9.33. The molecule has 86 valence electrons. The van der Waals surface area contributed by atoms with E-state index in [0.717, 1.165) is 5.56 Å². The van der Waals surface area contributed by atoms with Gasteiger partial charge in [-0.2, -0.15) is 0 Å². The summed E-state index contributed by atoms with van der Waals surface area (Å²) in [7, 11) is 4.50. The van der Waals surface area contributed by atoms with Crippen LogP contribution in [0.15, 0.2) is 6.07 Å². The maximum atomic E-state index is 11.5. The van der Waals surface area contributed by atoms with Crippen molar-refractivity contribution in [1.82, 2.24) is 0 Å². The highest BCUT2D eigenvalue weighted by molar-refractivity contribution is 5.98. The summed E-state index contributed by atoms with van der Waals surface area (Å²) in [6.45, 7) is 0.241. The summed E-state index contributed by atoms with van der Waals surface area (Å²) in [4.78, 5) is 11.5. The lowest BCUT2D eigenvalue weighted by Crippen LogP contribution is -2.02. The Balaban J connectivity index is 2.70. The number of ether oxygens (including phenoxy) is 4. The van der Waals surface area contributed by atoms with Crippen LogP contribution in [0.4, 0.5) is 0 Å². The molecule has 0 unspecified atom stereocenters. The maximum absolute atomic E-state index is 11.5. The van der Waals surface area contributed by atoms with Gasteiger partial charge in [0.25, 0.3) is 0 Å². The Bertz CT molecular complexity index is 438. The van der Waals surface area contributed by atoms with Crippen molar-refractivity contribution < 1.29 is 23.7 Å². The third kappa shape index (κ3) is 1.36. The van der Waals surface area contributed by atoms with Gasteiger partial charge in [-0.05, 0) is 6.07 Å². The first-order valence-electron chi connectivity index (χ1n) is 4.71. The Morgan fingerprint density at radius 2 is 1.81 bits per heavy atom. The minimum atomic E-state index is -0.396. The predicted molar refractivity (Wildman–Crippen MR) is 55.2 cm³/mol. The molecule has 0 saturated carbocycles. The molecule has 0 aliphatic carbocycles. The van der Waals surface area contributed by atoms with Crippen LogP contribution >= 0.6 is 0 Å². The molecule has 0 aromatic heterocycles. The van der Waals surface area contributed by atoms with Gasteiger partial charge < -0.3 is 18.9 Å². The van der Waals surface area contributed by atoms with Crippen LogP contribution in [0.1, 0.15) is 15.9 Å². The number of rotatable bonds is 3. The highest BCUT2D eigenvalue weighted by Gasteiger charge is 2.30. The van der Waals surface area contributed by atoms with Crippen molar-refractivity contribution in [2.24, 2.45) is 0 Å². The van der Waals surface area contributed by atoms with E-state index < -0.39 is 5.97 Å². The molecule has 0 spiro atoms. The van der Waals surface area contributed by atoms with Crippen molar-refractivity contribution >= 4 is 5.97 Å². The number of esters is 1. The summed E-state index contributed by atoms with van der Waals surface area (Å²) in [6.07, 6.45) is 0. The second kappa shape index (κ2) is 3.92. The Labute approximate surface area is 92.9 Å². The van der Waals surface area contributed by atoms with Crippen molar-refractivity contribution in [1.29, 1.82) is 0 Å². The van der Waals surface area contributed by atoms with Crippen molar-refractivity contribution in [3.63, 3.8) is 0 Å². The predicted octanol–water partition coefficient (Wildman–Crippen LogP) is 1.38. The summed E-state index contributed by atoms with van der Waals surface area (Å²) in [5, 5.41) is 0. The van der Waals surface area contributed by atoms with Gasteiger partial charge in [0.15, 0.2) is 11.5 Å². The van der Waals surface area contributed by atoms with Gasteiger partial charge >= 0.3 is 5.97 Å². The van der Waals surface area contributed by atoms with Crippen molar-refractivity contribution in [3.05, 3.63) is 17.2 Å². The van der Waals surface area contributed by atoms with Crippen LogP contribution < -0.4 is 14.2 Å². The third-order valence-corrected chi connectivity index (χ3v) is 2.47. The largest absolute Gasteiger partial charge is 0.493 e. The zero-order valence-corrected chi connectivity index (χ0v) is 9.33. The molecule has 5 heteroatoms. The topological polar surface area (TPSA) is 54.0 Å². The fourth-order valence-corrected chi connectivity index (χ4v) is 1.76. The van der Waals surface area contributed by atoms with E-state index in [4.69, 9.17) is 18.9 Å². The Kier molecular flexibility index (Phi) is 2.60. The minimum Gasteiger partial charge on any atom is -0.493 e. The molecule has 1 aliphatic heterocycles. The molecule has 0 bridgehead atoms. The van der Waals surface area contributed by atoms with Crippen LogP contribution in [-0.4, -0.2) is 27.3 Å². The molecule has 1 aromatic rings. The normalized spacial score (nSPS) is 13.1. The SMILES string of the molecule is COc1cc2c(c(OC)c1OC)C(=O)OC2. The van der Waals surface area contributed by atoms with E-state index in [1.54, 1.807) is 6.07 Å². The number of methoxy groups -OCH3 is 3. The highest BCUT2D eigenvalue weighted by Crippen LogP contribution is 2.44. The lowest BCUT2D eigenvalue weighted by atomic mass is 10.1. The fraction of sp³-hybridized carbons (Fsp3) is 0.364. The first kappa shape index (κ1) is 10.6. The van der Waals surface area contributed by atoms with E-state index in [0.29, 0.717) is 22.8 Å². The van der Waals surface area contributed by atoms with Gasteiger partial charge in [-0.25, -0.2) is 4.79 Å². The number of hydrogen-bond acceptors (Lipinski definition) is 5.